The van der Waals surface area contributed by atoms with Crippen molar-refractivity contribution in [3.8, 4) is 0 Å². The third kappa shape index (κ3) is 4.55. The molecule has 1 aliphatic rings. The van der Waals surface area contributed by atoms with Crippen molar-refractivity contribution < 1.29 is 9.53 Å². The van der Waals surface area contributed by atoms with Crippen molar-refractivity contribution in [2.75, 3.05) is 5.75 Å². The Hall–Kier alpha value is -1.57. The number of amides is 1. The molecule has 2 heterocycles. The maximum Gasteiger partial charge on any atom is 0.413 e. The van der Waals surface area contributed by atoms with Crippen LogP contribution in [0.2, 0.25) is 0 Å². The zero-order valence-electron chi connectivity index (χ0n) is 11.2. The number of hydrogen-bond acceptors (Lipinski definition) is 6. The standard InChI is InChI=1S/C11H17N5O2S/c1-11(2,3)18-10(17)15-9-14-8(5-19-9)4-16-7-12-6-13-16/h6-8H,4-5H2,1-3H3,(H,14,15,17). The van der Waals surface area contributed by atoms with E-state index in [4.69, 9.17) is 4.74 Å². The first-order valence-electron chi connectivity index (χ1n) is 5.95. The molecule has 0 radical (unpaired) electrons. The minimum absolute atomic E-state index is 0.0941. The third-order valence-corrected chi connectivity index (χ3v) is 3.22. The van der Waals surface area contributed by atoms with Gasteiger partial charge in [0.2, 0.25) is 0 Å². The van der Waals surface area contributed by atoms with Gasteiger partial charge in [0, 0.05) is 5.75 Å². The predicted molar refractivity (Wildman–Crippen MR) is 73.1 cm³/mol. The lowest BCUT2D eigenvalue weighted by Crippen LogP contribution is -2.34. The molecule has 0 fully saturated rings. The van der Waals surface area contributed by atoms with E-state index >= 15 is 0 Å². The van der Waals surface area contributed by atoms with Gasteiger partial charge < -0.3 is 4.74 Å². The molecule has 0 aliphatic carbocycles. The van der Waals surface area contributed by atoms with E-state index in [-0.39, 0.29) is 6.04 Å². The number of rotatable bonds is 2. The number of carbonyl (C=O) groups is 1. The van der Waals surface area contributed by atoms with Gasteiger partial charge in [-0.3, -0.25) is 15.0 Å². The highest BCUT2D eigenvalue weighted by Gasteiger charge is 2.23. The molecule has 1 atom stereocenters. The summed E-state index contributed by atoms with van der Waals surface area (Å²) >= 11 is 1.50. The molecule has 0 bridgehead atoms. The van der Waals surface area contributed by atoms with E-state index in [1.807, 2.05) is 20.8 Å². The Kier molecular flexibility index (Phi) is 4.08. The van der Waals surface area contributed by atoms with E-state index in [0.29, 0.717) is 11.7 Å². The Morgan fingerprint density at radius 2 is 2.42 bits per heavy atom. The van der Waals surface area contributed by atoms with Crippen molar-refractivity contribution in [3.05, 3.63) is 12.7 Å². The summed E-state index contributed by atoms with van der Waals surface area (Å²) in [5.74, 6) is 0.811. The maximum atomic E-state index is 11.6. The fourth-order valence-corrected chi connectivity index (χ4v) is 2.42. The van der Waals surface area contributed by atoms with Crippen LogP contribution in [0.1, 0.15) is 20.8 Å². The second kappa shape index (κ2) is 5.60. The van der Waals surface area contributed by atoms with E-state index in [2.05, 4.69) is 20.4 Å². The monoisotopic (exact) mass is 283 g/mol. The fourth-order valence-electron chi connectivity index (χ4n) is 1.51. The lowest BCUT2D eigenvalue weighted by Gasteiger charge is -2.19. The molecule has 0 spiro atoms. The van der Waals surface area contributed by atoms with Crippen LogP contribution in [0.25, 0.3) is 0 Å². The Labute approximate surface area is 115 Å². The van der Waals surface area contributed by atoms with Crippen LogP contribution in [0.4, 0.5) is 4.79 Å². The van der Waals surface area contributed by atoms with Crippen LogP contribution in [-0.4, -0.2) is 43.4 Å². The first-order valence-corrected chi connectivity index (χ1v) is 6.94. The van der Waals surface area contributed by atoms with Gasteiger partial charge in [-0.2, -0.15) is 5.10 Å². The summed E-state index contributed by atoms with van der Waals surface area (Å²) in [5.41, 5.74) is -0.506. The minimum Gasteiger partial charge on any atom is -0.444 e. The average molecular weight is 283 g/mol. The summed E-state index contributed by atoms with van der Waals surface area (Å²) in [4.78, 5) is 19.9. The molecule has 1 aliphatic heterocycles. The maximum absolute atomic E-state index is 11.6. The second-order valence-electron chi connectivity index (χ2n) is 5.14. The fraction of sp³-hybridized carbons (Fsp3) is 0.636. The van der Waals surface area contributed by atoms with Crippen LogP contribution in [0.3, 0.4) is 0 Å². The van der Waals surface area contributed by atoms with Crippen molar-refractivity contribution in [1.29, 1.82) is 0 Å². The van der Waals surface area contributed by atoms with Gasteiger partial charge in [0.1, 0.15) is 18.3 Å². The highest BCUT2D eigenvalue weighted by molar-refractivity contribution is 8.14. The van der Waals surface area contributed by atoms with Gasteiger partial charge in [0.25, 0.3) is 0 Å². The molecule has 1 aromatic heterocycles. The molecule has 104 valence electrons. The lowest BCUT2D eigenvalue weighted by atomic mass is 10.2. The number of alkyl carbamates (subject to hydrolysis) is 1. The van der Waals surface area contributed by atoms with Gasteiger partial charge in [-0.1, -0.05) is 11.8 Å². The first kappa shape index (κ1) is 13.9. The number of thioether (sulfide) groups is 1. The number of ether oxygens (including phenoxy) is 1. The van der Waals surface area contributed by atoms with Crippen LogP contribution in [0.5, 0.6) is 0 Å². The number of nitrogens with one attached hydrogen (secondary N) is 1. The molecule has 1 unspecified atom stereocenters. The highest BCUT2D eigenvalue weighted by atomic mass is 32.2. The molecular weight excluding hydrogens is 266 g/mol. The van der Waals surface area contributed by atoms with E-state index in [1.54, 1.807) is 11.0 Å². The molecule has 8 heteroatoms. The van der Waals surface area contributed by atoms with Gasteiger partial charge in [-0.05, 0) is 20.8 Å². The summed E-state index contributed by atoms with van der Waals surface area (Å²) in [7, 11) is 0. The minimum atomic E-state index is -0.506. The summed E-state index contributed by atoms with van der Waals surface area (Å²) in [6, 6.07) is 0.0941. The van der Waals surface area contributed by atoms with Crippen molar-refractivity contribution in [1.82, 2.24) is 20.1 Å². The van der Waals surface area contributed by atoms with E-state index in [0.717, 1.165) is 5.75 Å². The van der Waals surface area contributed by atoms with Crippen molar-refractivity contribution in [3.63, 3.8) is 0 Å². The number of nitrogens with zero attached hydrogens (tertiary/aromatic N) is 4. The molecule has 1 N–H and O–H groups in total. The number of aliphatic imine (C=N–C) groups is 1. The zero-order chi connectivity index (χ0) is 13.9. The molecular formula is C11H17N5O2S. The van der Waals surface area contributed by atoms with Crippen LogP contribution in [-0.2, 0) is 11.3 Å². The molecule has 1 amide bonds. The smallest absolute Gasteiger partial charge is 0.413 e. The summed E-state index contributed by atoms with van der Waals surface area (Å²) in [5, 5.41) is 7.28. The average Bonchev–Trinajstić information content (AvgIpc) is 2.88. The van der Waals surface area contributed by atoms with Crippen LogP contribution in [0, 0.1) is 0 Å². The molecule has 0 saturated carbocycles. The van der Waals surface area contributed by atoms with E-state index < -0.39 is 11.7 Å². The van der Waals surface area contributed by atoms with Gasteiger partial charge in [0.15, 0.2) is 5.17 Å². The van der Waals surface area contributed by atoms with Gasteiger partial charge in [-0.15, -0.1) is 0 Å². The highest BCUT2D eigenvalue weighted by Crippen LogP contribution is 2.18. The number of hydrogen-bond donors (Lipinski definition) is 1. The van der Waals surface area contributed by atoms with Crippen LogP contribution < -0.4 is 5.32 Å². The Balaban J connectivity index is 1.84. The second-order valence-corrected chi connectivity index (χ2v) is 6.15. The van der Waals surface area contributed by atoms with Gasteiger partial charge >= 0.3 is 6.09 Å². The number of aromatic nitrogens is 3. The van der Waals surface area contributed by atoms with Crippen LogP contribution >= 0.6 is 11.8 Å². The van der Waals surface area contributed by atoms with Crippen molar-refractivity contribution in [2.24, 2.45) is 4.99 Å². The predicted octanol–water partition coefficient (Wildman–Crippen LogP) is 1.27. The zero-order valence-corrected chi connectivity index (χ0v) is 12.0. The molecule has 7 nitrogen and oxygen atoms in total. The Bertz CT molecular complexity index is 466. The molecule has 0 aromatic carbocycles. The molecule has 2 rings (SSSR count). The molecule has 0 saturated heterocycles. The number of carbonyl (C=O) groups excluding carboxylic acids is 1. The lowest BCUT2D eigenvalue weighted by molar-refractivity contribution is 0.0564. The molecule has 1 aromatic rings. The van der Waals surface area contributed by atoms with Crippen molar-refractivity contribution >= 4 is 23.0 Å². The SMILES string of the molecule is CC(C)(C)OC(=O)NC1=NC(Cn2cncn2)CS1. The topological polar surface area (TPSA) is 81.4 Å². The quantitative estimate of drug-likeness (QED) is 0.884. The number of amidine groups is 1. The Morgan fingerprint density at radius 1 is 1.63 bits per heavy atom. The van der Waals surface area contributed by atoms with E-state index in [9.17, 15) is 4.79 Å². The largest absolute Gasteiger partial charge is 0.444 e. The van der Waals surface area contributed by atoms with Gasteiger partial charge in [-0.25, -0.2) is 9.78 Å². The van der Waals surface area contributed by atoms with Crippen LogP contribution in [0.15, 0.2) is 17.6 Å². The Morgan fingerprint density at radius 3 is 3.05 bits per heavy atom. The first-order chi connectivity index (χ1) is 8.92. The van der Waals surface area contributed by atoms with Gasteiger partial charge in [0.05, 0.1) is 12.6 Å². The summed E-state index contributed by atoms with van der Waals surface area (Å²) in [6.07, 6.45) is 2.67. The normalized spacial score (nSPS) is 19.1. The molecule has 19 heavy (non-hydrogen) atoms. The van der Waals surface area contributed by atoms with E-state index in [1.165, 1.54) is 18.1 Å². The summed E-state index contributed by atoms with van der Waals surface area (Å²) in [6.45, 7) is 6.13. The van der Waals surface area contributed by atoms with Crippen molar-refractivity contribution in [2.45, 2.75) is 39.0 Å². The summed E-state index contributed by atoms with van der Waals surface area (Å²) < 4.78 is 6.90. The third-order valence-electron chi connectivity index (χ3n) is 2.18.